The van der Waals surface area contributed by atoms with Crippen LogP contribution in [0.1, 0.15) is 36.7 Å². The summed E-state index contributed by atoms with van der Waals surface area (Å²) in [6.45, 7) is 6.25. The number of anilines is 3. The van der Waals surface area contributed by atoms with Gasteiger partial charge in [0, 0.05) is 39.5 Å². The van der Waals surface area contributed by atoms with Crippen LogP contribution >= 0.6 is 0 Å². The molecule has 7 rings (SSSR count). The molecule has 5 aromatic carbocycles. The molecule has 45 heavy (non-hydrogen) atoms. The van der Waals surface area contributed by atoms with Crippen LogP contribution in [-0.2, 0) is 0 Å². The maximum Gasteiger partial charge on any atom is 0.196 e. The van der Waals surface area contributed by atoms with E-state index in [2.05, 4.69) is 10.6 Å². The normalized spacial score (nSPS) is 12.0. The monoisotopic (exact) mass is 592 g/mol. The van der Waals surface area contributed by atoms with Gasteiger partial charge in [0.25, 0.3) is 0 Å². The predicted molar refractivity (Wildman–Crippen MR) is 180 cm³/mol. The number of rotatable bonds is 8. The van der Waals surface area contributed by atoms with Crippen molar-refractivity contribution in [2.24, 2.45) is 0 Å². The molecule has 1 aliphatic rings. The fourth-order valence-corrected chi connectivity index (χ4v) is 5.59. The lowest BCUT2D eigenvalue weighted by molar-refractivity contribution is 0.104. The molecule has 0 bridgehead atoms. The van der Waals surface area contributed by atoms with Crippen molar-refractivity contribution in [3.05, 3.63) is 126 Å². The van der Waals surface area contributed by atoms with Crippen molar-refractivity contribution in [1.82, 2.24) is 9.97 Å². The summed E-state index contributed by atoms with van der Waals surface area (Å²) in [5, 5.41) is 7.53. The predicted octanol–water partition coefficient (Wildman–Crippen LogP) is 8.88. The Hall–Kier alpha value is -5.69. The lowest BCUT2D eigenvalue weighted by Gasteiger charge is -2.27. The Labute approximate surface area is 261 Å². The van der Waals surface area contributed by atoms with Crippen LogP contribution in [0, 0.1) is 0 Å². The molecule has 7 nitrogen and oxygen atoms in total. The van der Waals surface area contributed by atoms with Gasteiger partial charge in [0.15, 0.2) is 18.3 Å². The van der Waals surface area contributed by atoms with Gasteiger partial charge in [0.05, 0.1) is 16.9 Å². The molecule has 7 heteroatoms. The van der Waals surface area contributed by atoms with Crippen LogP contribution in [0.25, 0.3) is 33.5 Å². The molecule has 0 unspecified atom stereocenters. The fraction of sp³-hybridized carbons (Fsp3) is 0.132. The second-order valence-corrected chi connectivity index (χ2v) is 11.8. The highest BCUT2D eigenvalue weighted by Gasteiger charge is 2.33. The molecular formula is C38H32N4O3. The summed E-state index contributed by atoms with van der Waals surface area (Å²) in [5.41, 5.74) is 5.75. The number of nitrogens with one attached hydrogen (secondary N) is 2. The van der Waals surface area contributed by atoms with Gasteiger partial charge in [0.1, 0.15) is 22.6 Å². The van der Waals surface area contributed by atoms with Crippen molar-refractivity contribution in [1.29, 1.82) is 0 Å². The van der Waals surface area contributed by atoms with E-state index in [0.29, 0.717) is 45.0 Å². The van der Waals surface area contributed by atoms with E-state index in [1.165, 1.54) is 0 Å². The largest absolute Gasteiger partial charge is 0.486 e. The van der Waals surface area contributed by atoms with E-state index in [4.69, 9.17) is 19.4 Å². The minimum Gasteiger partial charge on any atom is -0.486 e. The van der Waals surface area contributed by atoms with E-state index in [0.717, 1.165) is 28.3 Å². The number of hydrogen-bond donors (Lipinski definition) is 2. The standard InChI is InChI=1S/C38H32N4O3/c1-38(2,3)45-31-22-30(40-24-14-6-4-7-15-24)32-33-34(26-18-10-11-19-27(26)36(32)43)41-37(42-35(31)33)28-20-12-13-21-29(28)39-23-44-25-16-8-5-9-17-25/h4-22,39-40H,23H2,1-3H3. The van der Waals surface area contributed by atoms with Gasteiger partial charge in [-0.25, -0.2) is 9.97 Å². The minimum absolute atomic E-state index is 0.0830. The van der Waals surface area contributed by atoms with E-state index in [1.807, 2.05) is 136 Å². The molecule has 1 heterocycles. The fourth-order valence-electron chi connectivity index (χ4n) is 5.59. The SMILES string of the molecule is CC(C)(C)Oc1cc(Nc2ccccc2)c2c3c(nc(-c4ccccc4NCOc4ccccc4)nc13)-c1ccccc1C2=O. The molecule has 0 saturated heterocycles. The molecule has 0 amide bonds. The van der Waals surface area contributed by atoms with Gasteiger partial charge in [-0.05, 0) is 57.2 Å². The van der Waals surface area contributed by atoms with Crippen LogP contribution in [0.15, 0.2) is 115 Å². The van der Waals surface area contributed by atoms with Gasteiger partial charge < -0.3 is 20.1 Å². The number of ether oxygens (including phenoxy) is 2. The van der Waals surface area contributed by atoms with Gasteiger partial charge in [0.2, 0.25) is 0 Å². The summed E-state index contributed by atoms with van der Waals surface area (Å²) in [4.78, 5) is 24.5. The summed E-state index contributed by atoms with van der Waals surface area (Å²) >= 11 is 0. The van der Waals surface area contributed by atoms with Crippen molar-refractivity contribution in [3.8, 4) is 34.1 Å². The number of fused-ring (bicyclic) bond motifs is 2. The molecule has 0 fully saturated rings. The third-order valence-corrected chi connectivity index (χ3v) is 7.47. The minimum atomic E-state index is -0.524. The second-order valence-electron chi connectivity index (χ2n) is 11.8. The Kier molecular flexibility index (Phi) is 7.14. The van der Waals surface area contributed by atoms with Gasteiger partial charge in [-0.3, -0.25) is 4.79 Å². The van der Waals surface area contributed by atoms with Crippen molar-refractivity contribution in [2.75, 3.05) is 17.4 Å². The molecule has 0 radical (unpaired) electrons. The van der Waals surface area contributed by atoms with E-state index < -0.39 is 5.60 Å². The van der Waals surface area contributed by atoms with Gasteiger partial charge in [-0.15, -0.1) is 0 Å². The third-order valence-electron chi connectivity index (χ3n) is 7.47. The van der Waals surface area contributed by atoms with Crippen LogP contribution in [-0.4, -0.2) is 28.1 Å². The third kappa shape index (κ3) is 5.56. The lowest BCUT2D eigenvalue weighted by Crippen LogP contribution is -2.24. The van der Waals surface area contributed by atoms with Crippen molar-refractivity contribution in [3.63, 3.8) is 0 Å². The highest BCUT2D eigenvalue weighted by Crippen LogP contribution is 2.46. The maximum atomic E-state index is 14.2. The zero-order valence-electron chi connectivity index (χ0n) is 25.3. The lowest BCUT2D eigenvalue weighted by atomic mass is 9.85. The van der Waals surface area contributed by atoms with Gasteiger partial charge in [-0.1, -0.05) is 72.8 Å². The Morgan fingerprint density at radius 2 is 1.36 bits per heavy atom. The molecule has 1 aliphatic carbocycles. The average Bonchev–Trinajstić information content (AvgIpc) is 3.04. The first kappa shape index (κ1) is 28.1. The Bertz CT molecular complexity index is 2040. The summed E-state index contributed by atoms with van der Waals surface area (Å²) in [6, 6.07) is 36.8. The number of para-hydroxylation sites is 3. The first-order valence-electron chi connectivity index (χ1n) is 14.9. The molecule has 0 aliphatic heterocycles. The van der Waals surface area contributed by atoms with Crippen LogP contribution in [0.5, 0.6) is 11.5 Å². The second kappa shape index (κ2) is 11.4. The zero-order valence-corrected chi connectivity index (χ0v) is 25.3. The van der Waals surface area contributed by atoms with E-state index in [1.54, 1.807) is 0 Å². The molecule has 2 N–H and O–H groups in total. The van der Waals surface area contributed by atoms with Gasteiger partial charge >= 0.3 is 0 Å². The topological polar surface area (TPSA) is 85.4 Å². The molecule has 6 aromatic rings. The molecule has 0 spiro atoms. The molecule has 0 atom stereocenters. The number of aromatic nitrogens is 2. The summed E-state index contributed by atoms with van der Waals surface area (Å²) in [5.74, 6) is 1.76. The molecule has 1 aromatic heterocycles. The van der Waals surface area contributed by atoms with Crippen LogP contribution in [0.4, 0.5) is 17.1 Å². The van der Waals surface area contributed by atoms with E-state index >= 15 is 0 Å². The van der Waals surface area contributed by atoms with Crippen LogP contribution < -0.4 is 20.1 Å². The van der Waals surface area contributed by atoms with E-state index in [-0.39, 0.29) is 12.5 Å². The van der Waals surface area contributed by atoms with Gasteiger partial charge in [-0.2, -0.15) is 0 Å². The summed E-state index contributed by atoms with van der Waals surface area (Å²) in [7, 11) is 0. The van der Waals surface area contributed by atoms with E-state index in [9.17, 15) is 4.79 Å². The number of ketones is 1. The highest BCUT2D eigenvalue weighted by atomic mass is 16.5. The first-order valence-corrected chi connectivity index (χ1v) is 14.9. The summed E-state index contributed by atoms with van der Waals surface area (Å²) in [6.07, 6.45) is 0. The molecular weight excluding hydrogens is 560 g/mol. The number of carbonyl (C=O) groups is 1. The van der Waals surface area contributed by atoms with Crippen LogP contribution in [0.2, 0.25) is 0 Å². The van der Waals surface area contributed by atoms with Crippen molar-refractivity contribution >= 4 is 33.7 Å². The molecule has 222 valence electrons. The van der Waals surface area contributed by atoms with Crippen LogP contribution in [0.3, 0.4) is 0 Å². The Balaban J connectivity index is 1.43. The highest BCUT2D eigenvalue weighted by molar-refractivity contribution is 6.28. The first-order chi connectivity index (χ1) is 21.9. The van der Waals surface area contributed by atoms with Crippen molar-refractivity contribution in [2.45, 2.75) is 26.4 Å². The number of nitrogens with zero attached hydrogens (tertiary/aromatic N) is 2. The smallest absolute Gasteiger partial charge is 0.196 e. The summed E-state index contributed by atoms with van der Waals surface area (Å²) < 4.78 is 12.5. The number of carbonyl (C=O) groups excluding carboxylic acids is 1. The maximum absolute atomic E-state index is 14.2. The molecule has 0 saturated carbocycles. The number of benzene rings is 5. The zero-order chi connectivity index (χ0) is 31.0. The Morgan fingerprint density at radius 3 is 2.09 bits per heavy atom. The quantitative estimate of drug-likeness (QED) is 0.171. The number of hydrogen-bond acceptors (Lipinski definition) is 7. The average molecular weight is 593 g/mol. The Morgan fingerprint density at radius 1 is 0.711 bits per heavy atom. The van der Waals surface area contributed by atoms with Crippen molar-refractivity contribution < 1.29 is 14.3 Å².